The van der Waals surface area contributed by atoms with Crippen LogP contribution in [-0.4, -0.2) is 9.97 Å². The molecule has 1 aromatic heterocycles. The van der Waals surface area contributed by atoms with E-state index in [0.29, 0.717) is 20.5 Å². The van der Waals surface area contributed by atoms with E-state index in [2.05, 4.69) is 52.6 Å². The number of benzene rings is 1. The first-order chi connectivity index (χ1) is 8.60. The first-order valence-electron chi connectivity index (χ1n) is 4.81. The maximum absolute atomic E-state index is 13.4. The summed E-state index contributed by atoms with van der Waals surface area (Å²) in [5, 5.41) is 2.96. The number of hydrogen-bond donors (Lipinski definition) is 3. The van der Waals surface area contributed by atoms with Gasteiger partial charge in [0.25, 0.3) is 0 Å². The SMILES string of the molecule is NNc1ncc(Br)c(Nc2ccc(Br)c(F)c2)n1. The monoisotopic (exact) mass is 375 g/mol. The van der Waals surface area contributed by atoms with Crippen LogP contribution in [0.15, 0.2) is 33.3 Å². The van der Waals surface area contributed by atoms with Crippen LogP contribution >= 0.6 is 31.9 Å². The third-order valence-corrected chi connectivity index (χ3v) is 3.28. The van der Waals surface area contributed by atoms with Crippen molar-refractivity contribution in [2.45, 2.75) is 0 Å². The van der Waals surface area contributed by atoms with Crippen LogP contribution in [0.5, 0.6) is 0 Å². The molecule has 18 heavy (non-hydrogen) atoms. The lowest BCUT2D eigenvalue weighted by atomic mass is 10.3. The highest BCUT2D eigenvalue weighted by atomic mass is 79.9. The Hall–Kier alpha value is -1.25. The second-order valence-electron chi connectivity index (χ2n) is 3.29. The molecule has 8 heteroatoms. The quantitative estimate of drug-likeness (QED) is 0.566. The van der Waals surface area contributed by atoms with Gasteiger partial charge in [-0.3, -0.25) is 5.43 Å². The highest BCUT2D eigenvalue weighted by Crippen LogP contribution is 2.26. The lowest BCUT2D eigenvalue weighted by Gasteiger charge is -2.09. The van der Waals surface area contributed by atoms with Crippen molar-refractivity contribution in [3.8, 4) is 0 Å². The fourth-order valence-corrected chi connectivity index (χ4v) is 1.77. The van der Waals surface area contributed by atoms with Crippen molar-refractivity contribution in [3.05, 3.63) is 39.2 Å². The van der Waals surface area contributed by atoms with Gasteiger partial charge < -0.3 is 5.32 Å². The number of aromatic nitrogens is 2. The number of rotatable bonds is 3. The van der Waals surface area contributed by atoms with Gasteiger partial charge in [-0.15, -0.1) is 0 Å². The molecule has 1 heterocycles. The fraction of sp³-hybridized carbons (Fsp3) is 0. The van der Waals surface area contributed by atoms with Crippen molar-refractivity contribution in [2.24, 2.45) is 5.84 Å². The molecule has 2 aromatic rings. The molecule has 0 aliphatic rings. The van der Waals surface area contributed by atoms with Gasteiger partial charge in [0.1, 0.15) is 11.6 Å². The number of nitrogens with zero attached hydrogens (tertiary/aromatic N) is 2. The first-order valence-corrected chi connectivity index (χ1v) is 6.40. The number of nitrogens with one attached hydrogen (secondary N) is 2. The Kier molecular flexibility index (Phi) is 4.10. The number of nitrogen functional groups attached to an aromatic ring is 1. The molecular weight excluding hydrogens is 369 g/mol. The maximum Gasteiger partial charge on any atom is 0.239 e. The average molecular weight is 377 g/mol. The average Bonchev–Trinajstić information content (AvgIpc) is 2.36. The molecule has 0 saturated heterocycles. The van der Waals surface area contributed by atoms with Crippen molar-refractivity contribution >= 4 is 49.3 Å². The van der Waals surface area contributed by atoms with Gasteiger partial charge in [-0.05, 0) is 50.1 Å². The Labute approximate surface area is 119 Å². The summed E-state index contributed by atoms with van der Waals surface area (Å²) >= 11 is 6.38. The molecule has 5 nitrogen and oxygen atoms in total. The smallest absolute Gasteiger partial charge is 0.239 e. The van der Waals surface area contributed by atoms with Gasteiger partial charge in [0.2, 0.25) is 5.95 Å². The molecule has 0 atom stereocenters. The lowest BCUT2D eigenvalue weighted by Crippen LogP contribution is -2.11. The van der Waals surface area contributed by atoms with E-state index in [0.717, 1.165) is 0 Å². The van der Waals surface area contributed by atoms with E-state index in [1.54, 1.807) is 18.3 Å². The van der Waals surface area contributed by atoms with Crippen LogP contribution in [-0.2, 0) is 0 Å². The fourth-order valence-electron chi connectivity index (χ4n) is 1.23. The summed E-state index contributed by atoms with van der Waals surface area (Å²) in [6.07, 6.45) is 1.54. The van der Waals surface area contributed by atoms with Gasteiger partial charge in [0.05, 0.1) is 8.95 Å². The molecule has 0 aliphatic carbocycles. The van der Waals surface area contributed by atoms with E-state index >= 15 is 0 Å². The largest absolute Gasteiger partial charge is 0.339 e. The second kappa shape index (κ2) is 5.59. The zero-order valence-corrected chi connectivity index (χ0v) is 12.1. The first kappa shape index (κ1) is 13.2. The predicted octanol–water partition coefficient (Wildman–Crippen LogP) is 3.17. The van der Waals surface area contributed by atoms with Crippen LogP contribution in [0.25, 0.3) is 0 Å². The van der Waals surface area contributed by atoms with Crippen LogP contribution in [0.2, 0.25) is 0 Å². The summed E-state index contributed by atoms with van der Waals surface area (Å²) in [6.45, 7) is 0. The molecule has 0 amide bonds. The molecule has 0 unspecified atom stereocenters. The number of nitrogens with two attached hydrogens (primary N) is 1. The molecule has 0 bridgehead atoms. The summed E-state index contributed by atoms with van der Waals surface area (Å²) in [6, 6.07) is 4.68. The Balaban J connectivity index is 2.30. The Morgan fingerprint density at radius 1 is 1.22 bits per heavy atom. The van der Waals surface area contributed by atoms with Gasteiger partial charge >= 0.3 is 0 Å². The van der Waals surface area contributed by atoms with Crippen molar-refractivity contribution < 1.29 is 4.39 Å². The topological polar surface area (TPSA) is 75.9 Å². The van der Waals surface area contributed by atoms with Gasteiger partial charge in [0.15, 0.2) is 0 Å². The standard InChI is InChI=1S/C10H8Br2FN5/c11-6-2-1-5(3-8(6)13)16-9-7(12)4-15-10(17-9)18-14/h1-4H,14H2,(H2,15,16,17,18). The Bertz CT molecular complexity index is 578. The Morgan fingerprint density at radius 2 is 2.00 bits per heavy atom. The van der Waals surface area contributed by atoms with Gasteiger partial charge in [0, 0.05) is 11.9 Å². The lowest BCUT2D eigenvalue weighted by molar-refractivity contribution is 0.622. The third-order valence-electron chi connectivity index (χ3n) is 2.06. The zero-order valence-electron chi connectivity index (χ0n) is 8.92. The zero-order chi connectivity index (χ0) is 13.1. The second-order valence-corrected chi connectivity index (χ2v) is 5.00. The number of halogens is 3. The molecule has 0 fully saturated rings. The molecule has 0 radical (unpaired) electrons. The Morgan fingerprint density at radius 3 is 2.67 bits per heavy atom. The summed E-state index contributed by atoms with van der Waals surface area (Å²) < 4.78 is 14.4. The normalized spacial score (nSPS) is 10.2. The summed E-state index contributed by atoms with van der Waals surface area (Å²) in [7, 11) is 0. The number of anilines is 3. The highest BCUT2D eigenvalue weighted by Gasteiger charge is 2.06. The summed E-state index contributed by atoms with van der Waals surface area (Å²) in [5.74, 6) is 5.61. The van der Waals surface area contributed by atoms with Crippen LogP contribution in [0.4, 0.5) is 21.8 Å². The molecule has 0 spiro atoms. The minimum absolute atomic E-state index is 0.262. The van der Waals surface area contributed by atoms with Crippen LogP contribution in [0.1, 0.15) is 0 Å². The van der Waals surface area contributed by atoms with Gasteiger partial charge in [-0.2, -0.15) is 4.98 Å². The van der Waals surface area contributed by atoms with Crippen molar-refractivity contribution in [3.63, 3.8) is 0 Å². The van der Waals surface area contributed by atoms with E-state index in [-0.39, 0.29) is 11.8 Å². The van der Waals surface area contributed by atoms with Crippen molar-refractivity contribution in [2.75, 3.05) is 10.7 Å². The highest BCUT2D eigenvalue weighted by molar-refractivity contribution is 9.10. The summed E-state index contributed by atoms with van der Waals surface area (Å²) in [5.41, 5.74) is 2.90. The van der Waals surface area contributed by atoms with Crippen LogP contribution in [0, 0.1) is 5.82 Å². The van der Waals surface area contributed by atoms with Gasteiger partial charge in [-0.25, -0.2) is 15.2 Å². The minimum atomic E-state index is -0.359. The van der Waals surface area contributed by atoms with Crippen molar-refractivity contribution in [1.82, 2.24) is 9.97 Å². The molecule has 2 rings (SSSR count). The molecular formula is C10H8Br2FN5. The van der Waals surface area contributed by atoms with E-state index in [1.165, 1.54) is 6.07 Å². The maximum atomic E-state index is 13.4. The predicted molar refractivity (Wildman–Crippen MR) is 74.9 cm³/mol. The molecule has 0 aliphatic heterocycles. The van der Waals surface area contributed by atoms with Crippen LogP contribution in [0.3, 0.4) is 0 Å². The molecule has 94 valence electrons. The van der Waals surface area contributed by atoms with Crippen molar-refractivity contribution in [1.29, 1.82) is 0 Å². The van der Waals surface area contributed by atoms with Crippen LogP contribution < -0.4 is 16.6 Å². The molecule has 1 aromatic carbocycles. The van der Waals surface area contributed by atoms with E-state index in [4.69, 9.17) is 5.84 Å². The van der Waals surface area contributed by atoms with E-state index < -0.39 is 0 Å². The number of hydrazine groups is 1. The van der Waals surface area contributed by atoms with Gasteiger partial charge in [-0.1, -0.05) is 0 Å². The van der Waals surface area contributed by atoms with E-state index in [1.807, 2.05) is 0 Å². The molecule has 4 N–H and O–H groups in total. The van der Waals surface area contributed by atoms with E-state index in [9.17, 15) is 4.39 Å². The summed E-state index contributed by atoms with van der Waals surface area (Å²) in [4.78, 5) is 8.01. The number of hydrogen-bond acceptors (Lipinski definition) is 5. The third kappa shape index (κ3) is 2.95. The minimum Gasteiger partial charge on any atom is -0.339 e. The molecule has 0 saturated carbocycles.